The Bertz CT molecular complexity index is 1230. The molecule has 0 bridgehead atoms. The maximum Gasteiger partial charge on any atom is 0.417 e. The number of hydrogen-bond acceptors (Lipinski definition) is 4. The number of nitrogens with one attached hydrogen (secondary N) is 1. The molecule has 1 aromatic heterocycles. The molecule has 4 heterocycles. The van der Waals surface area contributed by atoms with E-state index in [1.54, 1.807) is 4.90 Å². The molecular formula is C29H35F3N4O2. The average Bonchev–Trinajstić information content (AvgIpc) is 3.15. The first kappa shape index (κ1) is 26.7. The number of fused-ring (bicyclic) bond motifs is 2. The normalized spacial score (nSPS) is 21.3. The van der Waals surface area contributed by atoms with E-state index in [-0.39, 0.29) is 24.3 Å². The van der Waals surface area contributed by atoms with Crippen LogP contribution in [0.25, 0.3) is 0 Å². The van der Waals surface area contributed by atoms with Crippen LogP contribution < -0.4 is 5.32 Å². The summed E-state index contributed by atoms with van der Waals surface area (Å²) >= 11 is 0. The number of hydrogen-bond donors (Lipinski definition) is 1. The Morgan fingerprint density at radius 3 is 2.61 bits per heavy atom. The highest BCUT2D eigenvalue weighted by molar-refractivity contribution is 6.02. The zero-order valence-corrected chi connectivity index (χ0v) is 22.2. The molecule has 3 aliphatic rings. The van der Waals surface area contributed by atoms with Gasteiger partial charge >= 0.3 is 6.18 Å². The molecule has 0 aliphatic carbocycles. The topological polar surface area (TPSA) is 65.5 Å². The minimum absolute atomic E-state index is 0.0258. The average molecular weight is 529 g/mol. The number of piperidine rings is 1. The molecule has 6 nitrogen and oxygen atoms in total. The Morgan fingerprint density at radius 2 is 1.92 bits per heavy atom. The van der Waals surface area contributed by atoms with Crippen molar-refractivity contribution in [2.45, 2.75) is 71.6 Å². The number of pyridine rings is 1. The minimum atomic E-state index is -4.46. The molecule has 5 rings (SSSR count). The van der Waals surface area contributed by atoms with E-state index in [0.29, 0.717) is 43.0 Å². The second kappa shape index (κ2) is 9.98. The molecule has 204 valence electrons. The van der Waals surface area contributed by atoms with Gasteiger partial charge in [0.05, 0.1) is 16.9 Å². The lowest BCUT2D eigenvalue weighted by Crippen LogP contribution is -2.51. The number of carbonyl (C=O) groups is 2. The Morgan fingerprint density at radius 1 is 1.18 bits per heavy atom. The van der Waals surface area contributed by atoms with Crippen molar-refractivity contribution >= 4 is 17.5 Å². The van der Waals surface area contributed by atoms with Crippen molar-refractivity contribution in [1.82, 2.24) is 14.8 Å². The summed E-state index contributed by atoms with van der Waals surface area (Å²) in [5, 5.41) is 2.96. The summed E-state index contributed by atoms with van der Waals surface area (Å²) < 4.78 is 39.8. The molecule has 38 heavy (non-hydrogen) atoms. The minimum Gasteiger partial charge on any atom is -0.337 e. The molecule has 1 saturated heterocycles. The van der Waals surface area contributed by atoms with Crippen LogP contribution >= 0.6 is 0 Å². The van der Waals surface area contributed by atoms with E-state index in [0.717, 1.165) is 55.1 Å². The lowest BCUT2D eigenvalue weighted by atomic mass is 9.71. The van der Waals surface area contributed by atoms with Crippen molar-refractivity contribution in [3.05, 3.63) is 58.4 Å². The van der Waals surface area contributed by atoms with Crippen molar-refractivity contribution < 1.29 is 22.8 Å². The highest BCUT2D eigenvalue weighted by atomic mass is 19.4. The first-order chi connectivity index (χ1) is 17.9. The predicted octanol–water partition coefficient (Wildman–Crippen LogP) is 5.37. The Balaban J connectivity index is 1.28. The van der Waals surface area contributed by atoms with E-state index < -0.39 is 17.2 Å². The number of rotatable bonds is 5. The van der Waals surface area contributed by atoms with Gasteiger partial charge in [-0.25, -0.2) is 0 Å². The van der Waals surface area contributed by atoms with E-state index in [4.69, 9.17) is 0 Å². The summed E-state index contributed by atoms with van der Waals surface area (Å²) in [6.45, 7) is 9.07. The summed E-state index contributed by atoms with van der Waals surface area (Å²) in [6.07, 6.45) is -0.909. The lowest BCUT2D eigenvalue weighted by Gasteiger charge is -2.45. The third kappa shape index (κ3) is 5.17. The van der Waals surface area contributed by atoms with Crippen LogP contribution in [0.3, 0.4) is 0 Å². The van der Waals surface area contributed by atoms with E-state index in [2.05, 4.69) is 35.1 Å². The van der Waals surface area contributed by atoms with Gasteiger partial charge in [-0.2, -0.15) is 13.2 Å². The second-order valence-electron chi connectivity index (χ2n) is 11.6. The SMILES string of the molecule is CC(C)CC1(C(=O)N2CCc3ncc(C(F)(F)F)cc3C2)CCN(Cc2ccc3c(c2)NC(=O)C3C)CC1. The monoisotopic (exact) mass is 528 g/mol. The first-order valence-electron chi connectivity index (χ1n) is 13.5. The van der Waals surface area contributed by atoms with Gasteiger partial charge in [-0.15, -0.1) is 0 Å². The van der Waals surface area contributed by atoms with E-state index >= 15 is 0 Å². The standard InChI is InChI=1S/C29H35F3N4O2/c1-18(2)14-28(27(38)36-9-6-24-21(17-36)13-22(15-33-24)29(30,31)32)7-10-35(11-8-28)16-20-4-5-23-19(3)26(37)34-25(23)12-20/h4-5,12-13,15,18-19H,6-11,14,16-17H2,1-3H3,(H,34,37). The van der Waals surface area contributed by atoms with Crippen LogP contribution in [0, 0.1) is 11.3 Å². The van der Waals surface area contributed by atoms with Gasteiger partial charge in [-0.05, 0) is 74.0 Å². The molecule has 1 atom stereocenters. The van der Waals surface area contributed by atoms with E-state index in [9.17, 15) is 22.8 Å². The number of halogens is 3. The van der Waals surface area contributed by atoms with Crippen LogP contribution in [0.1, 0.15) is 73.9 Å². The number of amides is 2. The van der Waals surface area contributed by atoms with Gasteiger partial charge in [-0.1, -0.05) is 26.0 Å². The maximum atomic E-state index is 14.0. The molecular weight excluding hydrogens is 493 g/mol. The van der Waals surface area contributed by atoms with Crippen LogP contribution in [0.4, 0.5) is 18.9 Å². The number of aromatic nitrogens is 1. The second-order valence-corrected chi connectivity index (χ2v) is 11.6. The highest BCUT2D eigenvalue weighted by Gasteiger charge is 2.44. The van der Waals surface area contributed by atoms with E-state index in [1.165, 1.54) is 0 Å². The van der Waals surface area contributed by atoms with Crippen molar-refractivity contribution in [2.75, 3.05) is 25.0 Å². The zero-order valence-electron chi connectivity index (χ0n) is 22.2. The number of anilines is 1. The summed E-state index contributed by atoms with van der Waals surface area (Å²) in [7, 11) is 0. The Kier molecular flexibility index (Phi) is 7.00. The number of alkyl halides is 3. The van der Waals surface area contributed by atoms with Crippen molar-refractivity contribution in [1.29, 1.82) is 0 Å². The number of nitrogens with zero attached hydrogens (tertiary/aromatic N) is 3. The van der Waals surface area contributed by atoms with Gasteiger partial charge in [0, 0.05) is 43.6 Å². The van der Waals surface area contributed by atoms with Crippen LogP contribution in [-0.2, 0) is 35.3 Å². The van der Waals surface area contributed by atoms with Gasteiger partial charge in [0.25, 0.3) is 0 Å². The number of likely N-dealkylation sites (tertiary alicyclic amines) is 1. The third-order valence-corrected chi connectivity index (χ3v) is 8.36. The fourth-order valence-corrected chi connectivity index (χ4v) is 6.34. The van der Waals surface area contributed by atoms with Gasteiger partial charge in [0.15, 0.2) is 0 Å². The van der Waals surface area contributed by atoms with Crippen molar-refractivity contribution in [2.24, 2.45) is 11.3 Å². The molecule has 2 aromatic rings. The molecule has 1 unspecified atom stereocenters. The van der Waals surface area contributed by atoms with Crippen LogP contribution in [0.15, 0.2) is 30.5 Å². The van der Waals surface area contributed by atoms with Crippen molar-refractivity contribution in [3.8, 4) is 0 Å². The summed E-state index contributed by atoms with van der Waals surface area (Å²) in [5.41, 5.74) is 2.90. The van der Waals surface area contributed by atoms with Gasteiger partial charge in [0.2, 0.25) is 11.8 Å². The van der Waals surface area contributed by atoms with Crippen molar-refractivity contribution in [3.63, 3.8) is 0 Å². The molecule has 1 fully saturated rings. The summed E-state index contributed by atoms with van der Waals surface area (Å²) in [6, 6.07) is 7.30. The molecule has 3 aliphatic heterocycles. The lowest BCUT2D eigenvalue weighted by molar-refractivity contribution is -0.147. The highest BCUT2D eigenvalue weighted by Crippen LogP contribution is 2.41. The fraction of sp³-hybridized carbons (Fsp3) is 0.552. The summed E-state index contributed by atoms with van der Waals surface area (Å²) in [5.74, 6) is 0.277. The first-order valence-corrected chi connectivity index (χ1v) is 13.5. The summed E-state index contributed by atoms with van der Waals surface area (Å²) in [4.78, 5) is 34.1. The zero-order chi connectivity index (χ0) is 27.2. The van der Waals surface area contributed by atoms with Crippen LogP contribution in [-0.4, -0.2) is 46.2 Å². The molecule has 2 amide bonds. The quantitative estimate of drug-likeness (QED) is 0.567. The smallest absolute Gasteiger partial charge is 0.337 e. The maximum absolute atomic E-state index is 14.0. The fourth-order valence-electron chi connectivity index (χ4n) is 6.34. The largest absolute Gasteiger partial charge is 0.417 e. The van der Waals surface area contributed by atoms with Gasteiger partial charge in [0.1, 0.15) is 0 Å². The number of benzene rings is 1. The Hall–Kier alpha value is -2.94. The van der Waals surface area contributed by atoms with Crippen LogP contribution in [0.2, 0.25) is 0 Å². The predicted molar refractivity (Wildman–Crippen MR) is 138 cm³/mol. The molecule has 0 saturated carbocycles. The molecule has 0 spiro atoms. The van der Waals surface area contributed by atoms with Gasteiger partial charge < -0.3 is 10.2 Å². The van der Waals surface area contributed by atoms with Crippen LogP contribution in [0.5, 0.6) is 0 Å². The molecule has 1 aromatic carbocycles. The number of carbonyl (C=O) groups excluding carboxylic acids is 2. The molecule has 9 heteroatoms. The third-order valence-electron chi connectivity index (χ3n) is 8.36. The van der Waals surface area contributed by atoms with E-state index in [1.807, 2.05) is 19.1 Å². The Labute approximate surface area is 221 Å². The molecule has 1 N–H and O–H groups in total. The van der Waals surface area contributed by atoms with Gasteiger partial charge in [-0.3, -0.25) is 19.5 Å². The molecule has 0 radical (unpaired) electrons.